The monoisotopic (exact) mass is 650 g/mol. The minimum Gasteiger partial charge on any atom is -0.336 e. The predicted octanol–water partition coefficient (Wildman–Crippen LogP) is 6.13. The van der Waals surface area contributed by atoms with Crippen LogP contribution < -0.4 is 0 Å². The molecular weight excluding hydrogens is 617 g/mol. The summed E-state index contributed by atoms with van der Waals surface area (Å²) in [5.41, 5.74) is 4.33. The number of aromatic nitrogens is 4. The van der Waals surface area contributed by atoms with Gasteiger partial charge in [-0.1, -0.05) is 91.0 Å². The molecule has 244 valence electrons. The van der Waals surface area contributed by atoms with Crippen LogP contribution in [0.5, 0.6) is 0 Å². The Morgan fingerprint density at radius 2 is 1.56 bits per heavy atom. The zero-order valence-electron chi connectivity index (χ0n) is 26.2. The van der Waals surface area contributed by atoms with E-state index in [2.05, 4.69) is 21.5 Å². The number of alkyl halides is 3. The lowest BCUT2D eigenvalue weighted by atomic mass is 9.97. The number of amides is 2. The van der Waals surface area contributed by atoms with Crippen LogP contribution in [0.15, 0.2) is 109 Å². The smallest absolute Gasteiger partial charge is 0.336 e. The van der Waals surface area contributed by atoms with Crippen molar-refractivity contribution >= 4 is 17.9 Å². The molecule has 2 amide bonds. The van der Waals surface area contributed by atoms with Crippen LogP contribution >= 0.6 is 0 Å². The van der Waals surface area contributed by atoms with Gasteiger partial charge in [0.2, 0.25) is 17.6 Å². The Bertz CT molecular complexity index is 1900. The number of carbonyl (C=O) groups excluding carboxylic acids is 2. The molecule has 2 heterocycles. The molecule has 8 nitrogen and oxygen atoms in total. The molecule has 1 aliphatic rings. The third-order valence-electron chi connectivity index (χ3n) is 8.39. The summed E-state index contributed by atoms with van der Waals surface area (Å²) in [6, 6.07) is 28.7. The van der Waals surface area contributed by atoms with Crippen molar-refractivity contribution in [2.24, 2.45) is 7.05 Å². The maximum absolute atomic E-state index is 14.5. The molecule has 1 aliphatic heterocycles. The molecule has 6 rings (SSSR count). The Morgan fingerprint density at radius 3 is 2.23 bits per heavy atom. The summed E-state index contributed by atoms with van der Waals surface area (Å²) >= 11 is 0. The van der Waals surface area contributed by atoms with Crippen LogP contribution in [0.25, 0.3) is 17.5 Å². The first-order valence-electron chi connectivity index (χ1n) is 15.5. The summed E-state index contributed by atoms with van der Waals surface area (Å²) in [6.45, 7) is 1.06. The van der Waals surface area contributed by atoms with Crippen molar-refractivity contribution in [3.8, 4) is 11.4 Å². The predicted molar refractivity (Wildman–Crippen MR) is 175 cm³/mol. The van der Waals surface area contributed by atoms with Gasteiger partial charge in [0.1, 0.15) is 6.04 Å². The molecular formula is C37H33F3N6O2. The minimum atomic E-state index is -4.46. The first kappa shape index (κ1) is 32.4. The van der Waals surface area contributed by atoms with Gasteiger partial charge in [0.15, 0.2) is 0 Å². The van der Waals surface area contributed by atoms with E-state index in [0.717, 1.165) is 34.4 Å². The fourth-order valence-electron chi connectivity index (χ4n) is 5.81. The highest BCUT2D eigenvalue weighted by atomic mass is 19.4. The molecule has 11 heteroatoms. The number of fused-ring (bicyclic) bond motifs is 1. The standard InChI is InChI=1S/C37H33F3N6O2/c1-44-42-35(41-43-44)30-16-11-28(12-17-30)24-46(34(47)20-15-26-13-18-32(19-14-26)37(38,39)40)33(23-27-7-3-2-4-8-27)36(48)45-22-21-29-9-5-6-10-31(29)25-45/h2-20,33H,21-25H2,1H3. The maximum Gasteiger partial charge on any atom is 0.416 e. The summed E-state index contributed by atoms with van der Waals surface area (Å²) in [5.74, 6) is -0.162. The number of aryl methyl sites for hydroxylation is 1. The Balaban J connectivity index is 1.33. The quantitative estimate of drug-likeness (QED) is 0.179. The van der Waals surface area contributed by atoms with E-state index in [4.69, 9.17) is 0 Å². The lowest BCUT2D eigenvalue weighted by molar-refractivity contribution is -0.144. The van der Waals surface area contributed by atoms with E-state index >= 15 is 0 Å². The van der Waals surface area contributed by atoms with E-state index < -0.39 is 23.7 Å². The van der Waals surface area contributed by atoms with Crippen molar-refractivity contribution in [3.05, 3.63) is 143 Å². The molecule has 1 atom stereocenters. The molecule has 0 aliphatic carbocycles. The van der Waals surface area contributed by atoms with Crippen LogP contribution in [0.2, 0.25) is 0 Å². The zero-order valence-corrected chi connectivity index (χ0v) is 26.2. The average Bonchev–Trinajstić information content (AvgIpc) is 3.54. The topological polar surface area (TPSA) is 84.2 Å². The van der Waals surface area contributed by atoms with E-state index in [-0.39, 0.29) is 18.9 Å². The van der Waals surface area contributed by atoms with Crippen LogP contribution in [0.4, 0.5) is 13.2 Å². The molecule has 0 N–H and O–H groups in total. The molecule has 0 spiro atoms. The van der Waals surface area contributed by atoms with Crippen molar-refractivity contribution in [3.63, 3.8) is 0 Å². The van der Waals surface area contributed by atoms with Crippen LogP contribution in [0.1, 0.15) is 33.4 Å². The summed E-state index contributed by atoms with van der Waals surface area (Å²) < 4.78 is 39.4. The van der Waals surface area contributed by atoms with Gasteiger partial charge in [-0.05, 0) is 57.7 Å². The summed E-state index contributed by atoms with van der Waals surface area (Å²) in [5, 5.41) is 12.2. The molecule has 1 unspecified atom stereocenters. The first-order chi connectivity index (χ1) is 23.1. The average molecular weight is 651 g/mol. The lowest BCUT2D eigenvalue weighted by Gasteiger charge is -2.37. The van der Waals surface area contributed by atoms with E-state index in [1.54, 1.807) is 16.8 Å². The van der Waals surface area contributed by atoms with Crippen molar-refractivity contribution < 1.29 is 22.8 Å². The number of hydrogen-bond acceptors (Lipinski definition) is 5. The Kier molecular flexibility index (Phi) is 9.47. The van der Waals surface area contributed by atoms with Gasteiger partial charge in [0.25, 0.3) is 0 Å². The van der Waals surface area contributed by atoms with Gasteiger partial charge in [0, 0.05) is 37.7 Å². The van der Waals surface area contributed by atoms with E-state index in [1.165, 1.54) is 34.6 Å². The zero-order chi connectivity index (χ0) is 33.7. The van der Waals surface area contributed by atoms with Crippen LogP contribution in [-0.4, -0.2) is 54.4 Å². The highest BCUT2D eigenvalue weighted by Gasteiger charge is 2.34. The van der Waals surface area contributed by atoms with Gasteiger partial charge in [0.05, 0.1) is 12.6 Å². The number of carbonyl (C=O) groups is 2. The summed E-state index contributed by atoms with van der Waals surface area (Å²) in [6.07, 6.45) is -0.691. The SMILES string of the molecule is Cn1nnc(-c2ccc(CN(C(=O)C=Cc3ccc(C(F)(F)F)cc3)C(Cc3ccccc3)C(=O)N3CCc4ccccc4C3)cc2)n1. The number of nitrogens with zero attached hydrogens (tertiary/aromatic N) is 6. The fourth-order valence-corrected chi connectivity index (χ4v) is 5.81. The van der Waals surface area contributed by atoms with Crippen molar-refractivity contribution in [2.45, 2.75) is 38.1 Å². The molecule has 0 bridgehead atoms. The van der Waals surface area contributed by atoms with E-state index in [0.29, 0.717) is 30.9 Å². The number of halogens is 3. The molecule has 48 heavy (non-hydrogen) atoms. The largest absolute Gasteiger partial charge is 0.416 e. The molecule has 0 radical (unpaired) electrons. The van der Waals surface area contributed by atoms with Gasteiger partial charge in [-0.15, -0.1) is 10.2 Å². The first-order valence-corrected chi connectivity index (χ1v) is 15.5. The number of benzene rings is 4. The molecule has 4 aromatic carbocycles. The van der Waals surface area contributed by atoms with Gasteiger partial charge in [-0.2, -0.15) is 18.0 Å². The Morgan fingerprint density at radius 1 is 0.875 bits per heavy atom. The number of tetrazole rings is 1. The van der Waals surface area contributed by atoms with Crippen molar-refractivity contribution in [1.29, 1.82) is 0 Å². The summed E-state index contributed by atoms with van der Waals surface area (Å²) in [7, 11) is 1.68. The second-order valence-corrected chi connectivity index (χ2v) is 11.7. The Hall–Kier alpha value is -5.58. The van der Waals surface area contributed by atoms with Gasteiger partial charge >= 0.3 is 6.18 Å². The van der Waals surface area contributed by atoms with Crippen LogP contribution in [0.3, 0.4) is 0 Å². The lowest BCUT2D eigenvalue weighted by Crippen LogP contribution is -2.52. The normalized spacial score (nSPS) is 13.7. The molecule has 5 aromatic rings. The summed E-state index contributed by atoms with van der Waals surface area (Å²) in [4.78, 5) is 33.3. The molecule has 0 fully saturated rings. The second kappa shape index (κ2) is 14.0. The van der Waals surface area contributed by atoms with Gasteiger partial charge < -0.3 is 9.80 Å². The van der Waals surface area contributed by atoms with Gasteiger partial charge in [-0.25, -0.2) is 0 Å². The molecule has 1 aromatic heterocycles. The van der Waals surface area contributed by atoms with E-state index in [1.807, 2.05) is 72.8 Å². The molecule has 0 saturated heterocycles. The molecule has 0 saturated carbocycles. The van der Waals surface area contributed by atoms with Crippen LogP contribution in [-0.2, 0) is 48.7 Å². The number of hydrogen-bond donors (Lipinski definition) is 0. The highest BCUT2D eigenvalue weighted by molar-refractivity contribution is 5.96. The fraction of sp³-hybridized carbons (Fsp3) is 0.216. The van der Waals surface area contributed by atoms with Crippen molar-refractivity contribution in [1.82, 2.24) is 30.0 Å². The van der Waals surface area contributed by atoms with Gasteiger partial charge in [-0.3, -0.25) is 9.59 Å². The minimum absolute atomic E-state index is 0.109. The second-order valence-electron chi connectivity index (χ2n) is 11.7. The highest BCUT2D eigenvalue weighted by Crippen LogP contribution is 2.29. The number of rotatable bonds is 9. The third kappa shape index (κ3) is 7.68. The third-order valence-corrected chi connectivity index (χ3v) is 8.39. The van der Waals surface area contributed by atoms with Crippen molar-refractivity contribution in [2.75, 3.05) is 6.54 Å². The van der Waals surface area contributed by atoms with Crippen LogP contribution in [0, 0.1) is 0 Å². The Labute approximate surface area is 276 Å². The van der Waals surface area contributed by atoms with E-state index in [9.17, 15) is 22.8 Å². The maximum atomic E-state index is 14.5.